The minimum absolute atomic E-state index is 0.0246. The SMILES string of the molecule is COc1cc([N+](=O)[O-])c(/C=N/N(O)C(=N)N)c(Cl)c1OC.Cc1ccc(S(=O)(=O)O)cc1. The molecular formula is C17H20ClN5O8S. The predicted octanol–water partition coefficient (Wildman–Crippen LogP) is 2.43. The average molecular weight is 490 g/mol. The van der Waals surface area contributed by atoms with Gasteiger partial charge in [0.2, 0.25) is 5.96 Å². The average Bonchev–Trinajstić information content (AvgIpc) is 2.71. The van der Waals surface area contributed by atoms with E-state index in [1.165, 1.54) is 26.4 Å². The topological polar surface area (TPSA) is 202 Å². The van der Waals surface area contributed by atoms with Crippen LogP contribution in [0.4, 0.5) is 5.69 Å². The molecule has 13 nitrogen and oxygen atoms in total. The summed E-state index contributed by atoms with van der Waals surface area (Å²) >= 11 is 6.02. The summed E-state index contributed by atoms with van der Waals surface area (Å²) < 4.78 is 39.5. The van der Waals surface area contributed by atoms with E-state index >= 15 is 0 Å². The third-order valence-corrected chi connectivity index (χ3v) is 4.90. The minimum atomic E-state index is -4.02. The summed E-state index contributed by atoms with van der Waals surface area (Å²) in [6, 6.07) is 7.09. The maximum Gasteiger partial charge on any atom is 0.294 e. The fraction of sp³-hybridized carbons (Fsp3) is 0.176. The zero-order valence-electron chi connectivity index (χ0n) is 17.0. The number of hydrazone groups is 1. The Hall–Kier alpha value is -3.46. The molecule has 0 heterocycles. The van der Waals surface area contributed by atoms with Crippen LogP contribution in [0.1, 0.15) is 11.1 Å². The van der Waals surface area contributed by atoms with Crippen LogP contribution < -0.4 is 15.2 Å². The molecule has 0 aliphatic heterocycles. The van der Waals surface area contributed by atoms with Crippen LogP contribution in [-0.4, -0.2) is 54.7 Å². The van der Waals surface area contributed by atoms with Gasteiger partial charge < -0.3 is 15.2 Å². The van der Waals surface area contributed by atoms with Crippen molar-refractivity contribution >= 4 is 39.6 Å². The number of benzene rings is 2. The molecule has 0 fully saturated rings. The number of hydrogen-bond acceptors (Lipinski definition) is 9. The summed E-state index contributed by atoms with van der Waals surface area (Å²) in [7, 11) is -1.41. The summed E-state index contributed by atoms with van der Waals surface area (Å²) in [6.07, 6.45) is 0.879. The van der Waals surface area contributed by atoms with Crippen molar-refractivity contribution in [1.29, 1.82) is 5.41 Å². The number of rotatable bonds is 6. The number of hydrogen-bond donors (Lipinski definition) is 4. The van der Waals surface area contributed by atoms with Gasteiger partial charge in [0.1, 0.15) is 5.02 Å². The van der Waals surface area contributed by atoms with Crippen LogP contribution in [0.15, 0.2) is 40.3 Å². The Labute approximate surface area is 188 Å². The van der Waals surface area contributed by atoms with E-state index < -0.39 is 26.7 Å². The molecule has 2 rings (SSSR count). The lowest BCUT2D eigenvalue weighted by Gasteiger charge is -2.12. The van der Waals surface area contributed by atoms with Crippen molar-refractivity contribution in [2.45, 2.75) is 11.8 Å². The Morgan fingerprint density at radius 2 is 1.88 bits per heavy atom. The number of nitrogens with two attached hydrogens (primary N) is 1. The number of hydroxylamine groups is 1. The molecule has 0 amide bonds. The van der Waals surface area contributed by atoms with Gasteiger partial charge in [-0.05, 0) is 19.1 Å². The first-order valence-corrected chi connectivity index (χ1v) is 10.1. The van der Waals surface area contributed by atoms with Gasteiger partial charge >= 0.3 is 0 Å². The highest BCUT2D eigenvalue weighted by Gasteiger charge is 2.24. The molecule has 0 spiro atoms. The van der Waals surface area contributed by atoms with Crippen molar-refractivity contribution in [3.05, 3.63) is 56.6 Å². The second kappa shape index (κ2) is 11.2. The van der Waals surface area contributed by atoms with Gasteiger partial charge in [0.05, 0.1) is 41.9 Å². The third-order valence-electron chi connectivity index (χ3n) is 3.65. The van der Waals surface area contributed by atoms with Gasteiger partial charge in [-0.2, -0.15) is 13.5 Å². The summed E-state index contributed by atoms with van der Waals surface area (Å²) in [5.41, 5.74) is 5.37. The first-order valence-electron chi connectivity index (χ1n) is 8.33. The largest absolute Gasteiger partial charge is 0.493 e. The molecule has 0 bridgehead atoms. The van der Waals surface area contributed by atoms with Gasteiger partial charge in [-0.25, -0.2) is 0 Å². The van der Waals surface area contributed by atoms with E-state index in [4.69, 9.17) is 42.0 Å². The van der Waals surface area contributed by atoms with Gasteiger partial charge in [0.15, 0.2) is 11.5 Å². The molecule has 0 saturated heterocycles. The zero-order valence-corrected chi connectivity index (χ0v) is 18.6. The molecule has 0 unspecified atom stereocenters. The number of nitro benzene ring substituents is 1. The van der Waals surface area contributed by atoms with Crippen LogP contribution in [0, 0.1) is 22.4 Å². The highest BCUT2D eigenvalue weighted by Crippen LogP contribution is 2.41. The molecule has 0 saturated carbocycles. The van der Waals surface area contributed by atoms with Crippen molar-refractivity contribution in [1.82, 2.24) is 5.17 Å². The molecule has 0 radical (unpaired) electrons. The zero-order chi connectivity index (χ0) is 24.6. The van der Waals surface area contributed by atoms with Crippen LogP contribution in [0.5, 0.6) is 11.5 Å². The molecule has 0 atom stereocenters. The number of nitro groups is 1. The van der Waals surface area contributed by atoms with Crippen molar-refractivity contribution in [3.63, 3.8) is 0 Å². The molecule has 174 valence electrons. The Morgan fingerprint density at radius 3 is 2.28 bits per heavy atom. The molecule has 0 aliphatic carbocycles. The summed E-state index contributed by atoms with van der Waals surface area (Å²) in [5.74, 6) is -0.636. The third kappa shape index (κ3) is 7.05. The first kappa shape index (κ1) is 26.6. The quantitative estimate of drug-likeness (QED) is 0.153. The van der Waals surface area contributed by atoms with Crippen LogP contribution in [0.25, 0.3) is 0 Å². The van der Waals surface area contributed by atoms with E-state index in [0.29, 0.717) is 0 Å². The van der Waals surface area contributed by atoms with E-state index in [1.807, 2.05) is 6.92 Å². The van der Waals surface area contributed by atoms with Gasteiger partial charge in [0.25, 0.3) is 15.8 Å². The molecule has 5 N–H and O–H groups in total. The number of nitrogens with one attached hydrogen (secondary N) is 1. The molecule has 0 aliphatic rings. The number of nitrogens with zero attached hydrogens (tertiary/aromatic N) is 3. The fourth-order valence-electron chi connectivity index (χ4n) is 2.11. The van der Waals surface area contributed by atoms with Gasteiger partial charge in [-0.3, -0.25) is 25.3 Å². The van der Waals surface area contributed by atoms with E-state index in [0.717, 1.165) is 17.8 Å². The van der Waals surface area contributed by atoms with Gasteiger partial charge in [0, 0.05) is 0 Å². The Morgan fingerprint density at radius 1 is 1.31 bits per heavy atom. The van der Waals surface area contributed by atoms with E-state index in [9.17, 15) is 18.5 Å². The first-order chi connectivity index (χ1) is 14.8. The fourth-order valence-corrected chi connectivity index (χ4v) is 2.91. The lowest BCUT2D eigenvalue weighted by molar-refractivity contribution is -0.385. The van der Waals surface area contributed by atoms with E-state index in [2.05, 4.69) is 5.10 Å². The van der Waals surface area contributed by atoms with Gasteiger partial charge in [-0.1, -0.05) is 29.3 Å². The van der Waals surface area contributed by atoms with Crippen molar-refractivity contribution in [2.24, 2.45) is 10.8 Å². The van der Waals surface area contributed by atoms with Crippen LogP contribution in [0.3, 0.4) is 0 Å². The molecular weight excluding hydrogens is 470 g/mol. The normalized spacial score (nSPS) is 10.8. The standard InChI is InChI=1S/C10H12ClN5O5.C7H8O3S/c1-20-7-3-6(16(18)19)5(8(11)9(7)21-2)4-14-15(17)10(12)13;1-6-2-4-7(5-3-6)11(8,9)10/h3-4,17H,1-2H3,(H3,12,13);2-5H,1H3,(H,8,9,10)/b14-4+;. The second-order valence-corrected chi connectivity index (χ2v) is 7.62. The number of aryl methyl sites for hydroxylation is 1. The number of guanidine groups is 1. The number of halogens is 1. The molecule has 0 aromatic heterocycles. The summed E-state index contributed by atoms with van der Waals surface area (Å²) in [6.45, 7) is 1.84. The number of methoxy groups -OCH3 is 2. The van der Waals surface area contributed by atoms with E-state index in [1.54, 1.807) is 12.1 Å². The van der Waals surface area contributed by atoms with Crippen molar-refractivity contribution in [2.75, 3.05) is 14.2 Å². The van der Waals surface area contributed by atoms with E-state index in [-0.39, 0.29) is 32.2 Å². The second-order valence-electron chi connectivity index (χ2n) is 5.82. The van der Waals surface area contributed by atoms with Crippen molar-refractivity contribution in [3.8, 4) is 11.5 Å². The van der Waals surface area contributed by atoms with Crippen LogP contribution in [-0.2, 0) is 10.1 Å². The van der Waals surface area contributed by atoms with Crippen molar-refractivity contribution < 1.29 is 32.6 Å². The van der Waals surface area contributed by atoms with Crippen LogP contribution >= 0.6 is 11.6 Å². The highest BCUT2D eigenvalue weighted by molar-refractivity contribution is 7.85. The minimum Gasteiger partial charge on any atom is -0.493 e. The summed E-state index contributed by atoms with van der Waals surface area (Å²) in [4.78, 5) is 10.3. The Bertz CT molecular complexity index is 1120. The molecule has 15 heteroatoms. The summed E-state index contributed by atoms with van der Waals surface area (Å²) in [5, 5.41) is 30.4. The lowest BCUT2D eigenvalue weighted by atomic mass is 10.1. The predicted molar refractivity (Wildman–Crippen MR) is 115 cm³/mol. The maximum atomic E-state index is 11.1. The molecule has 2 aromatic carbocycles. The lowest BCUT2D eigenvalue weighted by Crippen LogP contribution is -2.28. The Kier molecular flexibility index (Phi) is 9.34. The smallest absolute Gasteiger partial charge is 0.294 e. The highest BCUT2D eigenvalue weighted by atomic mass is 35.5. The molecule has 32 heavy (non-hydrogen) atoms. The monoisotopic (exact) mass is 489 g/mol. The van der Waals surface area contributed by atoms with Crippen LogP contribution in [0.2, 0.25) is 5.02 Å². The number of ether oxygens (including phenoxy) is 2. The maximum absolute atomic E-state index is 11.1. The molecule has 2 aromatic rings. The van der Waals surface area contributed by atoms with Gasteiger partial charge in [-0.15, -0.1) is 5.17 Å². The Balaban J connectivity index is 0.000000389.